The molecule has 5 atom stereocenters. The number of ether oxygens (including phenoxy) is 2. The Kier molecular flexibility index (Phi) is 3.47. The van der Waals surface area contributed by atoms with Crippen LogP contribution in [0.1, 0.15) is 6.42 Å². The molecule has 6 heteroatoms. The Balaban J connectivity index is 1.87. The van der Waals surface area contributed by atoms with Crippen LogP contribution in [0, 0.1) is 11.8 Å². The second kappa shape index (κ2) is 5.46. The largest absolute Gasteiger partial charge is 0.550 e. The zero-order valence-electron chi connectivity index (χ0n) is 13.8. The van der Waals surface area contributed by atoms with Crippen molar-refractivity contribution in [2.45, 2.75) is 24.2 Å². The topological polar surface area (TPSA) is 78.9 Å². The van der Waals surface area contributed by atoms with Crippen molar-refractivity contribution in [3.05, 3.63) is 49.1 Å². The minimum Gasteiger partial charge on any atom is -0.550 e. The van der Waals surface area contributed by atoms with Crippen LogP contribution in [0.15, 0.2) is 49.1 Å². The van der Waals surface area contributed by atoms with E-state index in [1.165, 1.54) is 7.11 Å². The minimum atomic E-state index is -1.26. The van der Waals surface area contributed by atoms with E-state index in [2.05, 4.69) is 6.58 Å². The fourth-order valence-electron chi connectivity index (χ4n) is 4.48. The number of carbonyl (C=O) groups is 2. The van der Waals surface area contributed by atoms with Crippen molar-refractivity contribution in [3.63, 3.8) is 0 Å². The number of hydrogen-bond donors (Lipinski definition) is 0. The van der Waals surface area contributed by atoms with E-state index in [1.54, 1.807) is 29.2 Å². The number of carboxylic acid groups (broad SMARTS) is 1. The van der Waals surface area contributed by atoms with Crippen LogP contribution < -0.4 is 14.7 Å². The SMILES string of the molecule is C=CC[C@H]1N(c2ccccc2OC)C(=O)[C@H]2[C@@H](C(=O)[O-])[C@@H]3C=C[C@]21O3. The number of methoxy groups -OCH3 is 1. The van der Waals surface area contributed by atoms with Gasteiger partial charge in [-0.1, -0.05) is 30.4 Å². The van der Waals surface area contributed by atoms with Gasteiger partial charge in [-0.3, -0.25) is 4.79 Å². The molecule has 3 aliphatic rings. The van der Waals surface area contributed by atoms with Crippen LogP contribution in [0.25, 0.3) is 0 Å². The highest BCUT2D eigenvalue weighted by atomic mass is 16.5. The van der Waals surface area contributed by atoms with E-state index in [0.29, 0.717) is 17.9 Å². The molecule has 2 saturated heterocycles. The lowest BCUT2D eigenvalue weighted by atomic mass is 9.74. The second-order valence-electron chi connectivity index (χ2n) is 6.54. The van der Waals surface area contributed by atoms with Gasteiger partial charge in [-0.25, -0.2) is 0 Å². The summed E-state index contributed by atoms with van der Waals surface area (Å²) in [7, 11) is 1.53. The Hall–Kier alpha value is -2.60. The highest BCUT2D eigenvalue weighted by molar-refractivity contribution is 6.04. The van der Waals surface area contributed by atoms with Gasteiger partial charge in [-0.2, -0.15) is 0 Å². The number of carboxylic acids is 1. The Morgan fingerprint density at radius 2 is 2.24 bits per heavy atom. The smallest absolute Gasteiger partial charge is 0.234 e. The summed E-state index contributed by atoms with van der Waals surface area (Å²) in [4.78, 5) is 26.5. The fraction of sp³-hybridized carbons (Fsp3) is 0.368. The molecule has 2 fully saturated rings. The maximum atomic E-state index is 13.3. The number of rotatable bonds is 5. The molecular weight excluding hydrogens is 322 g/mol. The third-order valence-electron chi connectivity index (χ3n) is 5.43. The van der Waals surface area contributed by atoms with Gasteiger partial charge >= 0.3 is 0 Å². The van der Waals surface area contributed by atoms with E-state index < -0.39 is 29.5 Å². The monoisotopic (exact) mass is 340 g/mol. The van der Waals surface area contributed by atoms with Crippen molar-refractivity contribution >= 4 is 17.6 Å². The van der Waals surface area contributed by atoms with Gasteiger partial charge in [0.1, 0.15) is 11.4 Å². The van der Waals surface area contributed by atoms with Gasteiger partial charge in [-0.15, -0.1) is 6.58 Å². The van der Waals surface area contributed by atoms with Crippen molar-refractivity contribution in [1.82, 2.24) is 0 Å². The molecular formula is C19H18NO5-. The van der Waals surface area contributed by atoms with E-state index in [-0.39, 0.29) is 11.9 Å². The van der Waals surface area contributed by atoms with Crippen LogP contribution in [0.5, 0.6) is 5.75 Å². The summed E-state index contributed by atoms with van der Waals surface area (Å²) < 4.78 is 11.4. The first kappa shape index (κ1) is 15.9. The summed E-state index contributed by atoms with van der Waals surface area (Å²) in [6.45, 7) is 3.79. The van der Waals surface area contributed by atoms with Gasteiger partial charge in [0, 0.05) is 11.9 Å². The molecule has 0 aromatic heterocycles. The Morgan fingerprint density at radius 3 is 2.92 bits per heavy atom. The molecule has 0 radical (unpaired) electrons. The minimum absolute atomic E-state index is 0.280. The summed E-state index contributed by atoms with van der Waals surface area (Å²) in [5, 5.41) is 11.7. The predicted octanol–water partition coefficient (Wildman–Crippen LogP) is 0.676. The summed E-state index contributed by atoms with van der Waals surface area (Å²) in [6, 6.07) is 6.80. The normalized spacial score (nSPS) is 35.1. The molecule has 2 bridgehead atoms. The quantitative estimate of drug-likeness (QED) is 0.737. The molecule has 0 N–H and O–H groups in total. The zero-order chi connectivity index (χ0) is 17.8. The highest BCUT2D eigenvalue weighted by Crippen LogP contribution is 2.57. The third kappa shape index (κ3) is 1.94. The Morgan fingerprint density at radius 1 is 1.48 bits per heavy atom. The first-order valence-corrected chi connectivity index (χ1v) is 8.20. The number of carbonyl (C=O) groups excluding carboxylic acids is 2. The molecule has 1 aromatic rings. The summed E-state index contributed by atoms with van der Waals surface area (Å²) in [5.41, 5.74) is -0.371. The lowest BCUT2D eigenvalue weighted by Crippen LogP contribution is -2.46. The third-order valence-corrected chi connectivity index (χ3v) is 5.43. The molecule has 1 amide bonds. The van der Waals surface area contributed by atoms with E-state index in [0.717, 1.165) is 0 Å². The molecule has 3 aliphatic heterocycles. The number of hydrogen-bond acceptors (Lipinski definition) is 5. The molecule has 4 rings (SSSR count). The molecule has 6 nitrogen and oxygen atoms in total. The van der Waals surface area contributed by atoms with Gasteiger partial charge in [0.25, 0.3) is 0 Å². The maximum Gasteiger partial charge on any atom is 0.234 e. The van der Waals surface area contributed by atoms with Crippen molar-refractivity contribution in [2.75, 3.05) is 12.0 Å². The molecule has 25 heavy (non-hydrogen) atoms. The summed E-state index contributed by atoms with van der Waals surface area (Å²) >= 11 is 0. The van der Waals surface area contributed by atoms with Crippen molar-refractivity contribution < 1.29 is 24.2 Å². The number of amides is 1. The first-order valence-electron chi connectivity index (χ1n) is 8.20. The molecule has 1 spiro atoms. The van der Waals surface area contributed by atoms with E-state index in [1.807, 2.05) is 18.2 Å². The van der Waals surface area contributed by atoms with E-state index in [9.17, 15) is 14.7 Å². The lowest BCUT2D eigenvalue weighted by molar-refractivity contribution is -0.313. The van der Waals surface area contributed by atoms with E-state index >= 15 is 0 Å². The Bertz CT molecular complexity index is 788. The van der Waals surface area contributed by atoms with Crippen molar-refractivity contribution in [2.24, 2.45) is 11.8 Å². The second-order valence-corrected chi connectivity index (χ2v) is 6.54. The van der Waals surface area contributed by atoms with Crippen LogP contribution in [0.3, 0.4) is 0 Å². The number of fused-ring (bicyclic) bond motifs is 1. The van der Waals surface area contributed by atoms with Crippen LogP contribution in [0.4, 0.5) is 5.69 Å². The van der Waals surface area contributed by atoms with Gasteiger partial charge in [0.2, 0.25) is 5.91 Å². The van der Waals surface area contributed by atoms with Gasteiger partial charge in [0.15, 0.2) is 0 Å². The average Bonchev–Trinajstić information content (AvgIpc) is 3.24. The fourth-order valence-corrected chi connectivity index (χ4v) is 4.48. The van der Waals surface area contributed by atoms with Crippen molar-refractivity contribution in [1.29, 1.82) is 0 Å². The highest BCUT2D eigenvalue weighted by Gasteiger charge is 2.69. The zero-order valence-corrected chi connectivity index (χ0v) is 13.8. The number of nitrogens with zero attached hydrogens (tertiary/aromatic N) is 1. The predicted molar refractivity (Wildman–Crippen MR) is 87.8 cm³/mol. The van der Waals surface area contributed by atoms with Crippen LogP contribution in [-0.4, -0.2) is 36.7 Å². The van der Waals surface area contributed by atoms with Crippen LogP contribution >= 0.6 is 0 Å². The summed E-state index contributed by atoms with van der Waals surface area (Å²) in [5.74, 6) is -2.78. The molecule has 1 aromatic carbocycles. The summed E-state index contributed by atoms with van der Waals surface area (Å²) in [6.07, 6.45) is 5.13. The van der Waals surface area contributed by atoms with Gasteiger partial charge in [-0.05, 0) is 18.6 Å². The maximum absolute atomic E-state index is 13.3. The Labute approximate surface area is 145 Å². The number of anilines is 1. The average molecular weight is 340 g/mol. The molecule has 0 aliphatic carbocycles. The standard InChI is InChI=1S/C19H19NO5/c1-3-6-14-19-10-9-13(25-19)15(18(22)23)16(19)17(21)20(14)11-7-4-5-8-12(11)24-2/h3-5,7-10,13-16H,1,6H2,2H3,(H,22,23)/p-1/t13-,14+,15-,16+,19+/m0/s1. The van der Waals surface area contributed by atoms with Gasteiger partial charge in [0.05, 0.1) is 30.9 Å². The van der Waals surface area contributed by atoms with Crippen LogP contribution in [0.2, 0.25) is 0 Å². The molecule has 3 heterocycles. The molecule has 130 valence electrons. The number of para-hydroxylation sites is 2. The number of benzene rings is 1. The van der Waals surface area contributed by atoms with Crippen molar-refractivity contribution in [3.8, 4) is 5.75 Å². The lowest BCUT2D eigenvalue weighted by Gasteiger charge is -2.33. The van der Waals surface area contributed by atoms with Gasteiger partial charge < -0.3 is 24.3 Å². The number of aliphatic carboxylic acids is 1. The molecule has 0 saturated carbocycles. The van der Waals surface area contributed by atoms with Crippen LogP contribution in [-0.2, 0) is 14.3 Å². The first-order chi connectivity index (χ1) is 12.0. The van der Waals surface area contributed by atoms with E-state index in [4.69, 9.17) is 9.47 Å². The molecule has 0 unspecified atom stereocenters.